The molecule has 0 aliphatic carbocycles. The number of fused-ring (bicyclic) bond motifs is 1. The van der Waals surface area contributed by atoms with E-state index in [1.807, 2.05) is 56.3 Å². The molecule has 1 atom stereocenters. The lowest BCUT2D eigenvalue weighted by molar-refractivity contribution is -0.139. The van der Waals surface area contributed by atoms with Gasteiger partial charge in [0, 0.05) is 16.5 Å². The van der Waals surface area contributed by atoms with Gasteiger partial charge < -0.3 is 19.5 Å². The monoisotopic (exact) mass is 556 g/mol. The highest BCUT2D eigenvalue weighted by molar-refractivity contribution is 7.99. The molecule has 0 spiro atoms. The van der Waals surface area contributed by atoms with E-state index in [4.69, 9.17) is 30.9 Å². The predicted octanol–water partition coefficient (Wildman–Crippen LogP) is 6.65. The molecule has 0 saturated carbocycles. The molecule has 4 rings (SSSR count). The first kappa shape index (κ1) is 27.9. The Morgan fingerprint density at radius 1 is 1.13 bits per heavy atom. The number of esters is 1. The highest BCUT2D eigenvalue weighted by atomic mass is 35.5. The van der Waals surface area contributed by atoms with Gasteiger partial charge in [0.15, 0.2) is 11.5 Å². The Hall–Kier alpha value is -3.17. The summed E-state index contributed by atoms with van der Waals surface area (Å²) in [6.07, 6.45) is 2.91. The fourth-order valence-electron chi connectivity index (χ4n) is 4.06. The lowest BCUT2D eigenvalue weighted by Gasteiger charge is -2.28. The fourth-order valence-corrected chi connectivity index (χ4v) is 5.10. The summed E-state index contributed by atoms with van der Waals surface area (Å²) in [5.41, 5.74) is 2.96. The molecule has 1 unspecified atom stereocenters. The van der Waals surface area contributed by atoms with Crippen molar-refractivity contribution in [1.82, 2.24) is 14.8 Å². The van der Waals surface area contributed by atoms with Crippen molar-refractivity contribution in [3.63, 3.8) is 0 Å². The summed E-state index contributed by atoms with van der Waals surface area (Å²) in [7, 11) is 1.59. The number of anilines is 1. The van der Waals surface area contributed by atoms with Crippen LogP contribution in [0.5, 0.6) is 11.5 Å². The molecule has 1 aliphatic heterocycles. The van der Waals surface area contributed by atoms with Gasteiger partial charge in [0.25, 0.3) is 0 Å². The molecule has 3 aromatic rings. The summed E-state index contributed by atoms with van der Waals surface area (Å²) in [5, 5.41) is 9.36. The third-order valence-electron chi connectivity index (χ3n) is 6.03. The van der Waals surface area contributed by atoms with Crippen LogP contribution in [0.2, 0.25) is 5.02 Å². The number of nitrogens with zero attached hydrogens (tertiary/aromatic N) is 3. The number of allylic oxidation sites excluding steroid dienone is 1. The summed E-state index contributed by atoms with van der Waals surface area (Å²) in [4.78, 5) is 17.9. The van der Waals surface area contributed by atoms with E-state index in [1.165, 1.54) is 0 Å². The number of halogens is 1. The van der Waals surface area contributed by atoms with Crippen LogP contribution < -0.4 is 14.8 Å². The second-order valence-corrected chi connectivity index (χ2v) is 10.4. The smallest absolute Gasteiger partial charge is 0.338 e. The first-order valence-electron chi connectivity index (χ1n) is 12.7. The molecule has 1 N–H and O–H groups in total. The van der Waals surface area contributed by atoms with Crippen LogP contribution in [-0.2, 0) is 16.1 Å². The molecule has 0 radical (unpaired) electrons. The normalized spacial score (nSPS) is 14.6. The van der Waals surface area contributed by atoms with Crippen molar-refractivity contribution in [2.75, 3.05) is 24.8 Å². The number of thioether (sulfide) groups is 1. The lowest BCUT2D eigenvalue weighted by Crippen LogP contribution is -2.29. The zero-order valence-electron chi connectivity index (χ0n) is 22.1. The quantitative estimate of drug-likeness (QED) is 0.151. The molecule has 202 valence electrons. The maximum absolute atomic E-state index is 13.2. The van der Waals surface area contributed by atoms with Crippen molar-refractivity contribution < 1.29 is 19.0 Å². The van der Waals surface area contributed by atoms with Crippen LogP contribution in [0.4, 0.5) is 5.95 Å². The summed E-state index contributed by atoms with van der Waals surface area (Å²) in [6.45, 7) is 6.68. The molecule has 0 bridgehead atoms. The van der Waals surface area contributed by atoms with Gasteiger partial charge in [0.1, 0.15) is 12.6 Å². The summed E-state index contributed by atoms with van der Waals surface area (Å²) >= 11 is 7.60. The molecule has 2 aromatic carbocycles. The molecule has 2 heterocycles. The number of benzene rings is 2. The van der Waals surface area contributed by atoms with E-state index in [1.54, 1.807) is 23.6 Å². The average Bonchev–Trinajstić information content (AvgIpc) is 3.32. The Bertz CT molecular complexity index is 1290. The number of ether oxygens (including phenoxy) is 3. The molecular weight excluding hydrogens is 524 g/mol. The second-order valence-electron chi connectivity index (χ2n) is 8.89. The van der Waals surface area contributed by atoms with E-state index < -0.39 is 6.04 Å². The van der Waals surface area contributed by atoms with Gasteiger partial charge in [-0.3, -0.25) is 0 Å². The number of rotatable bonds is 12. The van der Waals surface area contributed by atoms with Crippen LogP contribution in [0, 0.1) is 0 Å². The molecule has 10 heteroatoms. The topological polar surface area (TPSA) is 87.5 Å². The lowest BCUT2D eigenvalue weighted by atomic mass is 9.95. The zero-order chi connectivity index (χ0) is 27.1. The number of aromatic nitrogens is 3. The van der Waals surface area contributed by atoms with E-state index in [0.29, 0.717) is 52.1 Å². The SMILES string of the molecule is CCCCSc1nc2n(n1)C(c1ccc(OCc3ccc(Cl)cc3)c(OC)c1)C(C(=O)OCCC)=C(C)N2. The maximum atomic E-state index is 13.2. The van der Waals surface area contributed by atoms with Gasteiger partial charge in [0.2, 0.25) is 11.1 Å². The van der Waals surface area contributed by atoms with E-state index >= 15 is 0 Å². The molecular formula is C28H33ClN4O4S. The van der Waals surface area contributed by atoms with Gasteiger partial charge in [-0.15, -0.1) is 5.10 Å². The second kappa shape index (κ2) is 13.1. The standard InChI is InChI=1S/C28H33ClN4O4S/c1-5-7-15-38-28-31-27-30-18(3)24(26(34)36-14-6-2)25(33(27)32-28)20-10-13-22(23(16-20)35-4)37-17-19-8-11-21(29)12-9-19/h8-13,16,25H,5-7,14-15,17H2,1-4H3,(H,30,31,32). The molecule has 8 nitrogen and oxygen atoms in total. The van der Waals surface area contributed by atoms with Crippen LogP contribution >= 0.6 is 23.4 Å². The number of carbonyl (C=O) groups excluding carboxylic acids is 1. The van der Waals surface area contributed by atoms with Crippen molar-refractivity contribution in [3.8, 4) is 11.5 Å². The minimum Gasteiger partial charge on any atom is -0.493 e. The van der Waals surface area contributed by atoms with Crippen LogP contribution in [-0.4, -0.2) is 40.2 Å². The van der Waals surface area contributed by atoms with E-state index in [0.717, 1.165) is 36.1 Å². The Labute approximate surface area is 232 Å². The van der Waals surface area contributed by atoms with Gasteiger partial charge in [0.05, 0.1) is 19.3 Å². The Morgan fingerprint density at radius 3 is 2.63 bits per heavy atom. The zero-order valence-corrected chi connectivity index (χ0v) is 23.7. The van der Waals surface area contributed by atoms with Crippen molar-refractivity contribution in [3.05, 3.63) is 69.9 Å². The first-order chi connectivity index (χ1) is 18.4. The summed E-state index contributed by atoms with van der Waals surface area (Å²) in [5.74, 6) is 2.26. The van der Waals surface area contributed by atoms with Crippen LogP contribution in [0.25, 0.3) is 0 Å². The first-order valence-corrected chi connectivity index (χ1v) is 14.1. The van der Waals surface area contributed by atoms with E-state index in [-0.39, 0.29) is 5.97 Å². The molecule has 0 saturated heterocycles. The number of hydrogen-bond acceptors (Lipinski definition) is 8. The largest absolute Gasteiger partial charge is 0.493 e. The van der Waals surface area contributed by atoms with Gasteiger partial charge in [-0.1, -0.05) is 61.8 Å². The van der Waals surface area contributed by atoms with Crippen molar-refractivity contribution in [2.45, 2.75) is 57.8 Å². The molecule has 1 aromatic heterocycles. The fraction of sp³-hybridized carbons (Fsp3) is 0.393. The minimum atomic E-state index is -0.539. The maximum Gasteiger partial charge on any atom is 0.338 e. The van der Waals surface area contributed by atoms with Crippen LogP contribution in [0.3, 0.4) is 0 Å². The number of carbonyl (C=O) groups is 1. The van der Waals surface area contributed by atoms with Gasteiger partial charge in [-0.25, -0.2) is 9.48 Å². The molecule has 38 heavy (non-hydrogen) atoms. The Balaban J connectivity index is 1.68. The van der Waals surface area contributed by atoms with Crippen LogP contribution in [0.15, 0.2) is 58.9 Å². The average molecular weight is 557 g/mol. The van der Waals surface area contributed by atoms with E-state index in [2.05, 4.69) is 17.2 Å². The highest BCUT2D eigenvalue weighted by Crippen LogP contribution is 2.40. The Kier molecular flexibility index (Phi) is 9.58. The van der Waals surface area contributed by atoms with Crippen molar-refractivity contribution in [1.29, 1.82) is 0 Å². The highest BCUT2D eigenvalue weighted by Gasteiger charge is 2.35. The van der Waals surface area contributed by atoms with Gasteiger partial charge in [-0.05, 0) is 55.2 Å². The summed E-state index contributed by atoms with van der Waals surface area (Å²) in [6, 6.07) is 12.6. The third kappa shape index (κ3) is 6.45. The third-order valence-corrected chi connectivity index (χ3v) is 7.21. The molecule has 0 fully saturated rings. The van der Waals surface area contributed by atoms with Crippen molar-refractivity contribution in [2.24, 2.45) is 0 Å². The van der Waals surface area contributed by atoms with Crippen molar-refractivity contribution >= 4 is 35.3 Å². The van der Waals surface area contributed by atoms with E-state index in [9.17, 15) is 4.79 Å². The van der Waals surface area contributed by atoms with Crippen LogP contribution in [0.1, 0.15) is 57.2 Å². The number of methoxy groups -OCH3 is 1. The number of hydrogen-bond donors (Lipinski definition) is 1. The summed E-state index contributed by atoms with van der Waals surface area (Å²) < 4.78 is 19.1. The minimum absolute atomic E-state index is 0.339. The molecule has 1 aliphatic rings. The van der Waals surface area contributed by atoms with Gasteiger partial charge >= 0.3 is 5.97 Å². The number of unbranched alkanes of at least 4 members (excludes halogenated alkanes) is 1. The predicted molar refractivity (Wildman–Crippen MR) is 150 cm³/mol. The Morgan fingerprint density at radius 2 is 1.92 bits per heavy atom. The molecule has 0 amide bonds. The van der Waals surface area contributed by atoms with Gasteiger partial charge in [-0.2, -0.15) is 4.98 Å². The number of nitrogens with one attached hydrogen (secondary N) is 1.